The van der Waals surface area contributed by atoms with Gasteiger partial charge in [0.1, 0.15) is 12.7 Å². The molecule has 84 valence electrons. The van der Waals surface area contributed by atoms with Crippen LogP contribution in [0.4, 0.5) is 0 Å². The summed E-state index contributed by atoms with van der Waals surface area (Å²) in [5.41, 5.74) is 0.872. The molecule has 0 aromatic heterocycles. The molecule has 16 heavy (non-hydrogen) atoms. The van der Waals surface area contributed by atoms with Gasteiger partial charge in [-0.2, -0.15) is 0 Å². The molecule has 0 N–H and O–H groups in total. The van der Waals surface area contributed by atoms with Gasteiger partial charge in [0.05, 0.1) is 12.2 Å². The topological polar surface area (TPSA) is 38.8 Å². The minimum atomic E-state index is -0.455. The summed E-state index contributed by atoms with van der Waals surface area (Å²) in [6.45, 7) is 4.62. The smallest absolute Gasteiger partial charge is 0.338 e. The van der Waals surface area contributed by atoms with E-state index in [2.05, 4.69) is 6.58 Å². The Hall–Kier alpha value is -1.32. The average molecular weight is 239 g/mol. The van der Waals surface area contributed by atoms with E-state index in [-0.39, 0.29) is 18.3 Å². The lowest BCUT2D eigenvalue weighted by Gasteiger charge is -2.07. The summed E-state index contributed by atoms with van der Waals surface area (Å²) in [6, 6.07) is 7.03. The Labute approximate surface area is 98.6 Å². The first-order valence-electron chi connectivity index (χ1n) is 4.91. The minimum absolute atomic E-state index is 0.0583. The van der Waals surface area contributed by atoms with Crippen molar-refractivity contribution in [3.8, 4) is 0 Å². The molecule has 4 heteroatoms. The molecule has 1 atom stereocenters. The van der Waals surface area contributed by atoms with Crippen molar-refractivity contribution in [3.05, 3.63) is 41.4 Å². The summed E-state index contributed by atoms with van der Waals surface area (Å²) >= 11 is 5.94. The zero-order chi connectivity index (χ0) is 11.5. The zero-order valence-corrected chi connectivity index (χ0v) is 9.37. The molecule has 1 aliphatic heterocycles. The number of esters is 1. The molecule has 0 bridgehead atoms. The van der Waals surface area contributed by atoms with E-state index in [9.17, 15) is 4.79 Å². The maximum atomic E-state index is 11.6. The van der Waals surface area contributed by atoms with Crippen molar-refractivity contribution in [2.24, 2.45) is 0 Å². The van der Waals surface area contributed by atoms with E-state index in [1.54, 1.807) is 24.3 Å². The monoisotopic (exact) mass is 238 g/mol. The zero-order valence-electron chi connectivity index (χ0n) is 8.61. The summed E-state index contributed by atoms with van der Waals surface area (Å²) in [7, 11) is 0. The Morgan fingerprint density at radius 2 is 2.25 bits per heavy atom. The van der Waals surface area contributed by atoms with Gasteiger partial charge in [-0.15, -0.1) is 0 Å². The van der Waals surface area contributed by atoms with Crippen molar-refractivity contribution in [2.45, 2.75) is 6.10 Å². The van der Waals surface area contributed by atoms with Crippen LogP contribution in [0.3, 0.4) is 0 Å². The Balaban J connectivity index is 2.00. The van der Waals surface area contributed by atoms with Gasteiger partial charge in [0.2, 0.25) is 0 Å². The highest BCUT2D eigenvalue weighted by molar-refractivity contribution is 6.34. The first-order valence-corrected chi connectivity index (χ1v) is 5.29. The SMILES string of the molecule is C=C(C(=O)OCC1CO1)c1ccccc1Cl. The van der Waals surface area contributed by atoms with Gasteiger partial charge in [0, 0.05) is 10.6 Å². The van der Waals surface area contributed by atoms with Gasteiger partial charge in [-0.3, -0.25) is 0 Å². The highest BCUT2D eigenvalue weighted by atomic mass is 35.5. The van der Waals surface area contributed by atoms with E-state index in [0.29, 0.717) is 17.2 Å². The molecule has 1 fully saturated rings. The number of epoxide rings is 1. The van der Waals surface area contributed by atoms with Crippen molar-refractivity contribution in [1.82, 2.24) is 0 Å². The van der Waals surface area contributed by atoms with Gasteiger partial charge in [0.25, 0.3) is 0 Å². The van der Waals surface area contributed by atoms with Crippen molar-refractivity contribution in [3.63, 3.8) is 0 Å². The lowest BCUT2D eigenvalue weighted by molar-refractivity contribution is -0.137. The molecule has 1 heterocycles. The molecule has 3 nitrogen and oxygen atoms in total. The fourth-order valence-corrected chi connectivity index (χ4v) is 1.49. The van der Waals surface area contributed by atoms with Gasteiger partial charge in [-0.1, -0.05) is 36.4 Å². The molecule has 2 rings (SSSR count). The van der Waals surface area contributed by atoms with E-state index < -0.39 is 5.97 Å². The molecular weight excluding hydrogens is 228 g/mol. The van der Waals surface area contributed by atoms with Crippen LogP contribution in [-0.4, -0.2) is 25.3 Å². The van der Waals surface area contributed by atoms with Crippen LogP contribution in [0.25, 0.3) is 5.57 Å². The van der Waals surface area contributed by atoms with Crippen LogP contribution in [0.1, 0.15) is 5.56 Å². The second kappa shape index (κ2) is 4.68. The maximum absolute atomic E-state index is 11.6. The minimum Gasteiger partial charge on any atom is -0.459 e. The predicted octanol–water partition coefficient (Wildman–Crippen LogP) is 2.30. The van der Waals surface area contributed by atoms with Gasteiger partial charge in [-0.05, 0) is 6.07 Å². The largest absolute Gasteiger partial charge is 0.459 e. The van der Waals surface area contributed by atoms with E-state index in [0.717, 1.165) is 0 Å². The molecule has 0 aliphatic carbocycles. The van der Waals surface area contributed by atoms with Gasteiger partial charge >= 0.3 is 5.97 Å². The Morgan fingerprint density at radius 3 is 2.88 bits per heavy atom. The Morgan fingerprint density at radius 1 is 1.56 bits per heavy atom. The van der Waals surface area contributed by atoms with Crippen LogP contribution >= 0.6 is 11.6 Å². The van der Waals surface area contributed by atoms with E-state index >= 15 is 0 Å². The number of ether oxygens (including phenoxy) is 2. The molecule has 1 unspecified atom stereocenters. The predicted molar refractivity (Wildman–Crippen MR) is 61.2 cm³/mol. The van der Waals surface area contributed by atoms with Crippen LogP contribution < -0.4 is 0 Å². The lowest BCUT2D eigenvalue weighted by Crippen LogP contribution is -2.11. The molecular formula is C12H11ClO3. The lowest BCUT2D eigenvalue weighted by atomic mass is 10.1. The third kappa shape index (κ3) is 2.62. The fourth-order valence-electron chi connectivity index (χ4n) is 1.24. The number of carbonyl (C=O) groups excluding carboxylic acids is 1. The second-order valence-electron chi connectivity index (χ2n) is 3.51. The van der Waals surface area contributed by atoms with Crippen LogP contribution in [0, 0.1) is 0 Å². The van der Waals surface area contributed by atoms with Crippen LogP contribution in [0.15, 0.2) is 30.8 Å². The summed E-state index contributed by atoms with van der Waals surface area (Å²) in [6.07, 6.45) is 0.0583. The molecule has 1 aromatic carbocycles. The molecule has 1 aliphatic rings. The number of hydrogen-bond donors (Lipinski definition) is 0. The van der Waals surface area contributed by atoms with Gasteiger partial charge < -0.3 is 9.47 Å². The number of halogens is 1. The molecule has 0 radical (unpaired) electrons. The molecule has 0 spiro atoms. The van der Waals surface area contributed by atoms with Crippen molar-refractivity contribution >= 4 is 23.1 Å². The summed E-state index contributed by atoms with van der Waals surface area (Å²) in [5.74, 6) is -0.455. The van der Waals surface area contributed by atoms with E-state index in [1.165, 1.54) is 0 Å². The Bertz CT molecular complexity index is 424. The maximum Gasteiger partial charge on any atom is 0.338 e. The highest BCUT2D eigenvalue weighted by Gasteiger charge is 2.25. The van der Waals surface area contributed by atoms with Crippen LogP contribution in [-0.2, 0) is 14.3 Å². The van der Waals surface area contributed by atoms with E-state index in [4.69, 9.17) is 21.1 Å². The first kappa shape index (κ1) is 11.2. The normalized spacial score (nSPS) is 17.9. The van der Waals surface area contributed by atoms with Gasteiger partial charge in [0.15, 0.2) is 0 Å². The molecule has 0 amide bonds. The van der Waals surface area contributed by atoms with Crippen molar-refractivity contribution in [1.29, 1.82) is 0 Å². The third-order valence-corrected chi connectivity index (χ3v) is 2.58. The second-order valence-corrected chi connectivity index (χ2v) is 3.92. The van der Waals surface area contributed by atoms with Crippen LogP contribution in [0.5, 0.6) is 0 Å². The summed E-state index contributed by atoms with van der Waals surface area (Å²) < 4.78 is 9.95. The number of benzene rings is 1. The number of carbonyl (C=O) groups is 1. The fraction of sp³-hybridized carbons (Fsp3) is 0.250. The van der Waals surface area contributed by atoms with Crippen molar-refractivity contribution in [2.75, 3.05) is 13.2 Å². The van der Waals surface area contributed by atoms with Gasteiger partial charge in [-0.25, -0.2) is 4.79 Å². The third-order valence-electron chi connectivity index (χ3n) is 2.25. The molecule has 1 saturated heterocycles. The summed E-state index contributed by atoms with van der Waals surface area (Å²) in [4.78, 5) is 11.6. The number of rotatable bonds is 4. The first-order chi connectivity index (χ1) is 7.68. The Kier molecular flexibility index (Phi) is 3.27. The standard InChI is InChI=1S/C12H11ClO3/c1-8(10-4-2-3-5-11(10)13)12(14)16-7-9-6-15-9/h2-5,9H,1,6-7H2. The molecule has 0 saturated carbocycles. The number of hydrogen-bond acceptors (Lipinski definition) is 3. The quantitative estimate of drug-likeness (QED) is 0.459. The van der Waals surface area contributed by atoms with E-state index in [1.807, 2.05) is 0 Å². The summed E-state index contributed by atoms with van der Waals surface area (Å²) in [5, 5.41) is 0.493. The highest BCUT2D eigenvalue weighted by Crippen LogP contribution is 2.23. The van der Waals surface area contributed by atoms with Crippen molar-refractivity contribution < 1.29 is 14.3 Å². The average Bonchev–Trinajstić information content (AvgIpc) is 3.09. The van der Waals surface area contributed by atoms with Crippen LogP contribution in [0.2, 0.25) is 5.02 Å². The molecule has 1 aromatic rings.